The quantitative estimate of drug-likeness (QED) is 0.749. The van der Waals surface area contributed by atoms with E-state index in [0.29, 0.717) is 32.7 Å². The SMILES string of the molecule is CCNC(=O)CN1CCCN(C(=O)/C=C/c2ccc(Cl)c(C(F)(F)F)c2)CC1. The molecule has 1 heterocycles. The van der Waals surface area contributed by atoms with Gasteiger partial charge in [-0.2, -0.15) is 13.2 Å². The molecule has 1 aromatic rings. The van der Waals surface area contributed by atoms with E-state index in [9.17, 15) is 22.8 Å². The maximum atomic E-state index is 12.9. The molecule has 0 saturated carbocycles. The fourth-order valence-electron chi connectivity index (χ4n) is 2.94. The maximum absolute atomic E-state index is 12.9. The lowest BCUT2D eigenvalue weighted by molar-refractivity contribution is -0.137. The van der Waals surface area contributed by atoms with Crippen molar-refractivity contribution in [3.05, 3.63) is 40.4 Å². The van der Waals surface area contributed by atoms with Gasteiger partial charge < -0.3 is 10.2 Å². The largest absolute Gasteiger partial charge is 0.417 e. The summed E-state index contributed by atoms with van der Waals surface area (Å²) in [6.45, 7) is 4.97. The smallest absolute Gasteiger partial charge is 0.355 e. The molecule has 0 atom stereocenters. The van der Waals surface area contributed by atoms with Gasteiger partial charge in [0.05, 0.1) is 17.1 Å². The summed E-state index contributed by atoms with van der Waals surface area (Å²) >= 11 is 5.60. The molecule has 0 bridgehead atoms. The first-order valence-electron chi connectivity index (χ1n) is 9.03. The molecule has 1 aliphatic heterocycles. The number of halogens is 4. The van der Waals surface area contributed by atoms with Gasteiger partial charge in [0.2, 0.25) is 11.8 Å². The minimum absolute atomic E-state index is 0.0506. The van der Waals surface area contributed by atoms with Gasteiger partial charge in [-0.25, -0.2) is 0 Å². The zero-order valence-corrected chi connectivity index (χ0v) is 16.3. The van der Waals surface area contributed by atoms with Gasteiger partial charge in [0, 0.05) is 38.8 Å². The predicted molar refractivity (Wildman–Crippen MR) is 102 cm³/mol. The number of hydrogen-bond acceptors (Lipinski definition) is 3. The van der Waals surface area contributed by atoms with Gasteiger partial charge in [-0.1, -0.05) is 17.7 Å². The summed E-state index contributed by atoms with van der Waals surface area (Å²) in [6, 6.07) is 3.51. The molecule has 154 valence electrons. The fraction of sp³-hybridized carbons (Fsp3) is 0.474. The molecule has 1 saturated heterocycles. The van der Waals surface area contributed by atoms with Crippen LogP contribution in [0.3, 0.4) is 0 Å². The highest BCUT2D eigenvalue weighted by Gasteiger charge is 2.33. The van der Waals surface area contributed by atoms with Gasteiger partial charge in [0.1, 0.15) is 0 Å². The number of likely N-dealkylation sites (N-methyl/N-ethyl adjacent to an activating group) is 1. The highest BCUT2D eigenvalue weighted by molar-refractivity contribution is 6.31. The first kappa shape index (κ1) is 22.2. The minimum atomic E-state index is -4.55. The van der Waals surface area contributed by atoms with Crippen molar-refractivity contribution in [3.8, 4) is 0 Å². The van der Waals surface area contributed by atoms with Gasteiger partial charge in [-0.3, -0.25) is 14.5 Å². The van der Waals surface area contributed by atoms with Crippen molar-refractivity contribution in [1.29, 1.82) is 0 Å². The Kier molecular flexibility index (Phi) is 7.88. The summed E-state index contributed by atoms with van der Waals surface area (Å²) in [5.74, 6) is -0.325. The number of carbonyl (C=O) groups excluding carboxylic acids is 2. The number of hydrogen-bond donors (Lipinski definition) is 1. The summed E-state index contributed by atoms with van der Waals surface area (Å²) in [6.07, 6.45) is -1.21. The van der Waals surface area contributed by atoms with Crippen molar-refractivity contribution >= 4 is 29.5 Å². The molecular formula is C19H23ClF3N3O2. The summed E-state index contributed by atoms with van der Waals surface area (Å²) < 4.78 is 38.8. The maximum Gasteiger partial charge on any atom is 0.417 e. The second kappa shape index (κ2) is 9.93. The van der Waals surface area contributed by atoms with Gasteiger partial charge in [-0.05, 0) is 37.1 Å². The van der Waals surface area contributed by atoms with Crippen LogP contribution in [0.15, 0.2) is 24.3 Å². The number of amides is 2. The first-order valence-corrected chi connectivity index (χ1v) is 9.41. The molecule has 0 aromatic heterocycles. The van der Waals surface area contributed by atoms with E-state index >= 15 is 0 Å². The summed E-state index contributed by atoms with van der Waals surface area (Å²) in [5.41, 5.74) is -0.683. The van der Waals surface area contributed by atoms with Crippen LogP contribution < -0.4 is 5.32 Å². The Morgan fingerprint density at radius 2 is 1.96 bits per heavy atom. The lowest BCUT2D eigenvalue weighted by atomic mass is 10.1. The number of rotatable bonds is 5. The number of benzene rings is 1. The molecule has 28 heavy (non-hydrogen) atoms. The van der Waals surface area contributed by atoms with E-state index in [-0.39, 0.29) is 28.9 Å². The van der Waals surface area contributed by atoms with Gasteiger partial charge in [-0.15, -0.1) is 0 Å². The number of carbonyl (C=O) groups is 2. The molecule has 0 spiro atoms. The summed E-state index contributed by atoms with van der Waals surface area (Å²) in [4.78, 5) is 27.7. The molecule has 5 nitrogen and oxygen atoms in total. The molecule has 1 aromatic carbocycles. The van der Waals surface area contributed by atoms with E-state index in [1.807, 2.05) is 11.8 Å². The molecule has 2 amide bonds. The van der Waals surface area contributed by atoms with E-state index in [2.05, 4.69) is 5.32 Å². The molecule has 2 rings (SSSR count). The topological polar surface area (TPSA) is 52.7 Å². The van der Waals surface area contributed by atoms with Crippen molar-refractivity contribution in [3.63, 3.8) is 0 Å². The molecule has 1 fully saturated rings. The van der Waals surface area contributed by atoms with Crippen molar-refractivity contribution in [1.82, 2.24) is 15.1 Å². The molecule has 1 N–H and O–H groups in total. The normalized spacial score (nSPS) is 16.2. The lowest BCUT2D eigenvalue weighted by Crippen LogP contribution is -2.39. The van der Waals surface area contributed by atoms with E-state index in [4.69, 9.17) is 11.6 Å². The van der Waals surface area contributed by atoms with Crippen LogP contribution >= 0.6 is 11.6 Å². The van der Waals surface area contributed by atoms with E-state index < -0.39 is 11.7 Å². The number of nitrogens with one attached hydrogen (secondary N) is 1. The highest BCUT2D eigenvalue weighted by atomic mass is 35.5. The Bertz CT molecular complexity index is 738. The standard InChI is InChI=1S/C19H23ClF3N3O2/c1-2-24-17(27)13-25-8-3-9-26(11-10-25)18(28)7-5-14-4-6-16(20)15(12-14)19(21,22)23/h4-7,12H,2-3,8-11,13H2,1H3,(H,24,27)/b7-5+. The Morgan fingerprint density at radius 1 is 1.21 bits per heavy atom. The lowest BCUT2D eigenvalue weighted by Gasteiger charge is -2.20. The molecule has 9 heteroatoms. The summed E-state index contributed by atoms with van der Waals surface area (Å²) in [5, 5.41) is 2.36. The molecule has 0 aliphatic carbocycles. The minimum Gasteiger partial charge on any atom is -0.355 e. The Balaban J connectivity index is 1.97. The van der Waals surface area contributed by atoms with Crippen molar-refractivity contribution in [2.45, 2.75) is 19.5 Å². The van der Waals surface area contributed by atoms with Gasteiger partial charge >= 0.3 is 6.18 Å². The van der Waals surface area contributed by atoms with Crippen molar-refractivity contribution in [2.24, 2.45) is 0 Å². The predicted octanol–water partition coefficient (Wildman–Crippen LogP) is 3.04. The monoisotopic (exact) mass is 417 g/mol. The van der Waals surface area contributed by atoms with Crippen LogP contribution in [-0.4, -0.2) is 60.9 Å². The average molecular weight is 418 g/mol. The van der Waals surface area contributed by atoms with E-state index in [1.54, 1.807) is 4.90 Å². The first-order chi connectivity index (χ1) is 13.2. The third kappa shape index (κ3) is 6.53. The van der Waals surface area contributed by atoms with E-state index in [0.717, 1.165) is 12.5 Å². The highest BCUT2D eigenvalue weighted by Crippen LogP contribution is 2.35. The molecular weight excluding hydrogens is 395 g/mol. The fourth-order valence-corrected chi connectivity index (χ4v) is 3.17. The van der Waals surface area contributed by atoms with Gasteiger partial charge in [0.15, 0.2) is 0 Å². The summed E-state index contributed by atoms with van der Waals surface area (Å²) in [7, 11) is 0. The molecule has 0 radical (unpaired) electrons. The number of nitrogens with zero attached hydrogens (tertiary/aromatic N) is 2. The van der Waals surface area contributed by atoms with Crippen LogP contribution in [0.2, 0.25) is 5.02 Å². The Morgan fingerprint density at radius 3 is 2.64 bits per heavy atom. The second-order valence-corrected chi connectivity index (χ2v) is 6.89. The zero-order valence-electron chi connectivity index (χ0n) is 15.6. The van der Waals surface area contributed by atoms with Crippen molar-refractivity contribution < 1.29 is 22.8 Å². The second-order valence-electron chi connectivity index (χ2n) is 6.48. The average Bonchev–Trinajstić information content (AvgIpc) is 2.85. The van der Waals surface area contributed by atoms with Crippen LogP contribution in [-0.2, 0) is 15.8 Å². The Labute approximate surface area is 167 Å². The van der Waals surface area contributed by atoms with Crippen LogP contribution in [0.4, 0.5) is 13.2 Å². The van der Waals surface area contributed by atoms with Crippen LogP contribution in [0.5, 0.6) is 0 Å². The molecule has 1 aliphatic rings. The Hall–Kier alpha value is -2.06. The van der Waals surface area contributed by atoms with Crippen LogP contribution in [0.1, 0.15) is 24.5 Å². The zero-order chi connectivity index (χ0) is 20.7. The number of alkyl halides is 3. The van der Waals surface area contributed by atoms with Crippen LogP contribution in [0, 0.1) is 0 Å². The molecule has 0 unspecified atom stereocenters. The third-order valence-corrected chi connectivity index (χ3v) is 4.69. The van der Waals surface area contributed by atoms with E-state index in [1.165, 1.54) is 24.3 Å². The van der Waals surface area contributed by atoms with Gasteiger partial charge in [0.25, 0.3) is 0 Å². The van der Waals surface area contributed by atoms with Crippen molar-refractivity contribution in [2.75, 3.05) is 39.3 Å². The van der Waals surface area contributed by atoms with Crippen LogP contribution in [0.25, 0.3) is 6.08 Å². The third-order valence-electron chi connectivity index (χ3n) is 4.36.